The van der Waals surface area contributed by atoms with Crippen LogP contribution in [0.15, 0.2) is 48.5 Å². The maximum Gasteiger partial charge on any atom is 0.409 e. The zero-order valence-electron chi connectivity index (χ0n) is 21.7. The fourth-order valence-corrected chi connectivity index (χ4v) is 5.40. The Morgan fingerprint density at radius 3 is 2.54 bits per heavy atom. The van der Waals surface area contributed by atoms with Crippen molar-refractivity contribution in [2.45, 2.75) is 57.3 Å². The molecule has 1 aliphatic heterocycles. The quantitative estimate of drug-likeness (QED) is 0.420. The minimum Gasteiger partial charge on any atom is -0.493 e. The molecular weight excluding hydrogens is 462 g/mol. The summed E-state index contributed by atoms with van der Waals surface area (Å²) in [6.45, 7) is 8.72. The van der Waals surface area contributed by atoms with Gasteiger partial charge in [-0.05, 0) is 49.9 Å². The summed E-state index contributed by atoms with van der Waals surface area (Å²) in [7, 11) is 3.02. The molecule has 1 fully saturated rings. The molecule has 1 aliphatic rings. The highest BCUT2D eigenvalue weighted by atomic mass is 32.2. The number of rotatable bonds is 10. The summed E-state index contributed by atoms with van der Waals surface area (Å²) in [6, 6.07) is 16.4. The third-order valence-corrected chi connectivity index (χ3v) is 8.42. The first-order valence-corrected chi connectivity index (χ1v) is 13.2. The molecule has 0 bridgehead atoms. The number of aryl methyl sites for hydroxylation is 1. The number of methoxy groups -OCH3 is 2. The van der Waals surface area contributed by atoms with Gasteiger partial charge in [0.1, 0.15) is 5.94 Å². The second-order valence-electron chi connectivity index (χ2n) is 10.1. The minimum atomic E-state index is -1.01. The molecule has 2 aromatic rings. The molecule has 1 heterocycles. The molecule has 1 amide bonds. The molecule has 0 spiro atoms. The summed E-state index contributed by atoms with van der Waals surface area (Å²) in [4.78, 5) is 14.0. The average molecular weight is 502 g/mol. The van der Waals surface area contributed by atoms with Gasteiger partial charge in [0, 0.05) is 29.7 Å². The predicted molar refractivity (Wildman–Crippen MR) is 141 cm³/mol. The first-order chi connectivity index (χ1) is 16.6. The van der Waals surface area contributed by atoms with E-state index in [0.29, 0.717) is 35.8 Å². The van der Waals surface area contributed by atoms with Gasteiger partial charge in [-0.3, -0.25) is 0 Å². The van der Waals surface area contributed by atoms with Crippen LogP contribution in [0.2, 0.25) is 0 Å². The van der Waals surface area contributed by atoms with Gasteiger partial charge in [0.25, 0.3) is 0 Å². The molecule has 7 heteroatoms. The Bertz CT molecular complexity index is 977. The largest absolute Gasteiger partial charge is 0.493 e. The van der Waals surface area contributed by atoms with Gasteiger partial charge >= 0.3 is 6.09 Å². The van der Waals surface area contributed by atoms with Crippen molar-refractivity contribution in [1.29, 1.82) is 0 Å². The van der Waals surface area contributed by atoms with Crippen molar-refractivity contribution in [2.24, 2.45) is 5.41 Å². The van der Waals surface area contributed by atoms with Crippen molar-refractivity contribution in [3.8, 4) is 11.5 Å². The van der Waals surface area contributed by atoms with Crippen LogP contribution >= 0.6 is 11.8 Å². The van der Waals surface area contributed by atoms with Crippen molar-refractivity contribution in [2.75, 3.05) is 33.2 Å². The van der Waals surface area contributed by atoms with Crippen LogP contribution in [0.4, 0.5) is 4.79 Å². The first kappa shape index (κ1) is 27.2. The molecule has 3 rings (SSSR count). The lowest BCUT2D eigenvalue weighted by Gasteiger charge is -2.41. The number of carbonyl (C=O) groups is 1. The highest BCUT2D eigenvalue weighted by Gasteiger charge is 2.53. The zero-order valence-corrected chi connectivity index (χ0v) is 22.6. The Morgan fingerprint density at radius 1 is 1.20 bits per heavy atom. The highest BCUT2D eigenvalue weighted by Crippen LogP contribution is 2.50. The molecule has 1 saturated heterocycles. The summed E-state index contributed by atoms with van der Waals surface area (Å²) < 4.78 is 16.7. The summed E-state index contributed by atoms with van der Waals surface area (Å²) in [5, 5.41) is 11.5. The summed E-state index contributed by atoms with van der Waals surface area (Å²) in [5.41, 5.74) is 0.778. The second-order valence-corrected chi connectivity index (χ2v) is 11.4. The van der Waals surface area contributed by atoms with E-state index in [2.05, 4.69) is 31.2 Å². The van der Waals surface area contributed by atoms with Crippen molar-refractivity contribution in [3.05, 3.63) is 59.7 Å². The molecule has 0 saturated carbocycles. The number of ether oxygens (including phenoxy) is 3. The van der Waals surface area contributed by atoms with Crippen molar-refractivity contribution in [1.82, 2.24) is 4.90 Å². The van der Waals surface area contributed by atoms with E-state index in [4.69, 9.17) is 14.2 Å². The van der Waals surface area contributed by atoms with E-state index in [1.54, 1.807) is 37.6 Å². The van der Waals surface area contributed by atoms with Gasteiger partial charge in [0.2, 0.25) is 0 Å². The second kappa shape index (κ2) is 11.6. The van der Waals surface area contributed by atoms with Crippen LogP contribution in [-0.4, -0.2) is 60.2 Å². The van der Waals surface area contributed by atoms with E-state index in [1.807, 2.05) is 31.2 Å². The Morgan fingerprint density at radius 2 is 1.91 bits per heavy atom. The lowest BCUT2D eigenvalue weighted by molar-refractivity contribution is -0.0468. The Kier molecular flexibility index (Phi) is 9.00. The summed E-state index contributed by atoms with van der Waals surface area (Å²) in [5.74, 6) is 1.76. The number of benzene rings is 2. The highest BCUT2D eigenvalue weighted by molar-refractivity contribution is 7.99. The van der Waals surface area contributed by atoms with E-state index in [9.17, 15) is 9.90 Å². The fourth-order valence-electron chi connectivity index (χ4n) is 4.69. The Balaban J connectivity index is 1.70. The van der Waals surface area contributed by atoms with E-state index in [-0.39, 0.29) is 12.0 Å². The van der Waals surface area contributed by atoms with Gasteiger partial charge in [0.05, 0.1) is 19.8 Å². The molecule has 35 heavy (non-hydrogen) atoms. The van der Waals surface area contributed by atoms with Gasteiger partial charge in [-0.25, -0.2) is 4.79 Å². The Labute approximate surface area is 214 Å². The molecule has 1 unspecified atom stereocenters. The summed E-state index contributed by atoms with van der Waals surface area (Å²) in [6.07, 6.45) is 1.74. The van der Waals surface area contributed by atoms with E-state index in [1.165, 1.54) is 12.7 Å². The van der Waals surface area contributed by atoms with Crippen LogP contribution in [0.25, 0.3) is 0 Å². The topological polar surface area (TPSA) is 68.2 Å². The molecule has 6 nitrogen and oxygen atoms in total. The van der Waals surface area contributed by atoms with Gasteiger partial charge in [-0.15, -0.1) is 11.8 Å². The number of aliphatic hydroxyl groups is 1. The molecule has 192 valence electrons. The van der Waals surface area contributed by atoms with E-state index < -0.39 is 11.0 Å². The average Bonchev–Trinajstić information content (AvgIpc) is 3.21. The van der Waals surface area contributed by atoms with Crippen LogP contribution < -0.4 is 9.47 Å². The van der Waals surface area contributed by atoms with Gasteiger partial charge < -0.3 is 24.2 Å². The van der Waals surface area contributed by atoms with Crippen molar-refractivity contribution in [3.63, 3.8) is 0 Å². The smallest absolute Gasteiger partial charge is 0.409 e. The maximum atomic E-state index is 12.3. The SMILES string of the molecule is COC(=O)N1C[C@@H](c2ccc(OC)c(OCSC(C)CCc3ccccc3)c2)[C@](C)(C(C)(C)O)C1. The van der Waals surface area contributed by atoms with Crippen LogP contribution in [0.1, 0.15) is 51.2 Å². The zero-order chi connectivity index (χ0) is 25.6. The summed E-state index contributed by atoms with van der Waals surface area (Å²) >= 11 is 1.77. The number of amides is 1. The van der Waals surface area contributed by atoms with Crippen LogP contribution in [0.3, 0.4) is 0 Å². The predicted octanol–water partition coefficient (Wildman–Crippen LogP) is 5.73. The maximum absolute atomic E-state index is 12.3. The number of hydrogen-bond acceptors (Lipinski definition) is 6. The lowest BCUT2D eigenvalue weighted by atomic mass is 9.66. The number of thioether (sulfide) groups is 1. The Hall–Kier alpha value is -2.38. The number of likely N-dealkylation sites (tertiary alicyclic amines) is 1. The molecule has 3 atom stereocenters. The van der Waals surface area contributed by atoms with Gasteiger partial charge in [-0.1, -0.05) is 50.2 Å². The van der Waals surface area contributed by atoms with Gasteiger partial charge in [-0.2, -0.15) is 0 Å². The van der Waals surface area contributed by atoms with E-state index >= 15 is 0 Å². The van der Waals surface area contributed by atoms with Crippen molar-refractivity contribution < 1.29 is 24.1 Å². The number of carbonyl (C=O) groups excluding carboxylic acids is 1. The molecular formula is C28H39NO5S. The number of nitrogens with zero attached hydrogens (tertiary/aromatic N) is 1. The molecule has 2 aromatic carbocycles. The minimum absolute atomic E-state index is 0.0905. The normalized spacial score (nSPS) is 21.0. The third-order valence-electron chi connectivity index (χ3n) is 7.36. The fraction of sp³-hybridized carbons (Fsp3) is 0.536. The standard InChI is InChI=1S/C28H39NO5S/c1-20(12-13-21-10-8-7-9-11-21)35-19-34-25-16-22(14-15-24(25)32-5)23-17-29(26(30)33-6)18-28(23,4)27(2,3)31/h7-11,14-16,20,23,31H,12-13,17-19H2,1-6H3/t20?,23-,28+/m0/s1. The molecule has 1 N–H and O–H groups in total. The molecule has 0 aliphatic carbocycles. The third kappa shape index (κ3) is 6.44. The number of hydrogen-bond donors (Lipinski definition) is 1. The molecule has 0 radical (unpaired) electrons. The van der Waals surface area contributed by atoms with Crippen molar-refractivity contribution >= 4 is 17.9 Å². The monoisotopic (exact) mass is 501 g/mol. The van der Waals surface area contributed by atoms with Gasteiger partial charge in [0.15, 0.2) is 11.5 Å². The van der Waals surface area contributed by atoms with Crippen LogP contribution in [0.5, 0.6) is 11.5 Å². The van der Waals surface area contributed by atoms with E-state index in [0.717, 1.165) is 18.4 Å². The lowest BCUT2D eigenvalue weighted by Crippen LogP contribution is -2.46. The van der Waals surface area contributed by atoms with Crippen LogP contribution in [0, 0.1) is 5.41 Å². The molecule has 0 aromatic heterocycles. The van der Waals surface area contributed by atoms with Crippen LogP contribution in [-0.2, 0) is 11.2 Å². The first-order valence-electron chi connectivity index (χ1n) is 12.1.